The second-order valence-corrected chi connectivity index (χ2v) is 7.30. The van der Waals surface area contributed by atoms with Crippen molar-refractivity contribution in [3.63, 3.8) is 0 Å². The van der Waals surface area contributed by atoms with Gasteiger partial charge < -0.3 is 15.5 Å². The molecule has 5 heteroatoms. The van der Waals surface area contributed by atoms with E-state index in [9.17, 15) is 9.59 Å². The van der Waals surface area contributed by atoms with Gasteiger partial charge in [-0.05, 0) is 44.4 Å². The van der Waals surface area contributed by atoms with Gasteiger partial charge in [-0.2, -0.15) is 0 Å². The van der Waals surface area contributed by atoms with E-state index in [-0.39, 0.29) is 17.9 Å². The summed E-state index contributed by atoms with van der Waals surface area (Å²) in [4.78, 5) is 27.2. The van der Waals surface area contributed by atoms with Gasteiger partial charge in [0.25, 0.3) is 5.91 Å². The van der Waals surface area contributed by atoms with Gasteiger partial charge in [-0.25, -0.2) is 0 Å². The van der Waals surface area contributed by atoms with Crippen molar-refractivity contribution >= 4 is 17.5 Å². The average Bonchev–Trinajstić information content (AvgIpc) is 3.14. The van der Waals surface area contributed by atoms with E-state index in [1.54, 1.807) is 0 Å². The summed E-state index contributed by atoms with van der Waals surface area (Å²) in [7, 11) is 1.89. The SMILES string of the molecule is CN(C(=O)c1ccccc1NC(=O)CC1CCCN1)C1CCCCC1. The zero-order chi connectivity index (χ0) is 17.6. The lowest BCUT2D eigenvalue weighted by atomic mass is 9.94. The average molecular weight is 343 g/mol. The Morgan fingerprint density at radius 2 is 1.88 bits per heavy atom. The lowest BCUT2D eigenvalue weighted by Crippen LogP contribution is -2.38. The quantitative estimate of drug-likeness (QED) is 0.863. The van der Waals surface area contributed by atoms with Crippen LogP contribution in [0.4, 0.5) is 5.69 Å². The van der Waals surface area contributed by atoms with E-state index < -0.39 is 0 Å². The van der Waals surface area contributed by atoms with Crippen LogP contribution in [0.2, 0.25) is 0 Å². The summed E-state index contributed by atoms with van der Waals surface area (Å²) < 4.78 is 0. The number of para-hydroxylation sites is 1. The molecule has 1 aromatic carbocycles. The number of benzene rings is 1. The largest absolute Gasteiger partial charge is 0.339 e. The lowest BCUT2D eigenvalue weighted by Gasteiger charge is -2.31. The van der Waals surface area contributed by atoms with Gasteiger partial charge in [0.05, 0.1) is 11.3 Å². The maximum atomic E-state index is 13.0. The van der Waals surface area contributed by atoms with Gasteiger partial charge in [-0.15, -0.1) is 0 Å². The van der Waals surface area contributed by atoms with Crippen LogP contribution in [0.5, 0.6) is 0 Å². The summed E-state index contributed by atoms with van der Waals surface area (Å²) in [6.45, 7) is 0.985. The van der Waals surface area contributed by atoms with Gasteiger partial charge in [-0.3, -0.25) is 9.59 Å². The summed E-state index contributed by atoms with van der Waals surface area (Å²) in [6, 6.07) is 7.92. The first-order valence-electron chi connectivity index (χ1n) is 9.54. The standard InChI is InChI=1S/C20H29N3O2/c1-23(16-9-3-2-4-10-16)20(25)17-11-5-6-12-18(17)22-19(24)14-15-8-7-13-21-15/h5-6,11-12,15-16,21H,2-4,7-10,13-14H2,1H3,(H,22,24). The number of nitrogens with zero attached hydrogens (tertiary/aromatic N) is 1. The van der Waals surface area contributed by atoms with E-state index in [4.69, 9.17) is 0 Å². The number of carbonyl (C=O) groups excluding carboxylic acids is 2. The fourth-order valence-electron chi connectivity index (χ4n) is 3.96. The predicted molar refractivity (Wildman–Crippen MR) is 99.7 cm³/mol. The van der Waals surface area contributed by atoms with Crippen molar-refractivity contribution < 1.29 is 9.59 Å². The summed E-state index contributed by atoms with van der Waals surface area (Å²) in [5.74, 6) is -0.0261. The summed E-state index contributed by atoms with van der Waals surface area (Å²) in [6.07, 6.45) is 8.41. The number of amides is 2. The van der Waals surface area contributed by atoms with Gasteiger partial charge in [0.1, 0.15) is 0 Å². The van der Waals surface area contributed by atoms with Gasteiger partial charge in [0, 0.05) is 25.6 Å². The number of hydrogen-bond donors (Lipinski definition) is 2. The van der Waals surface area contributed by atoms with E-state index in [2.05, 4.69) is 10.6 Å². The first kappa shape index (κ1) is 17.9. The molecule has 5 nitrogen and oxygen atoms in total. The Morgan fingerprint density at radius 1 is 1.12 bits per heavy atom. The molecule has 1 aliphatic heterocycles. The summed E-state index contributed by atoms with van der Waals surface area (Å²) in [5, 5.41) is 6.29. The second kappa shape index (κ2) is 8.48. The molecule has 2 amide bonds. The number of hydrogen-bond acceptors (Lipinski definition) is 3. The Balaban J connectivity index is 1.66. The smallest absolute Gasteiger partial charge is 0.255 e. The van der Waals surface area contributed by atoms with Crippen molar-refractivity contribution in [2.45, 2.75) is 63.5 Å². The minimum Gasteiger partial charge on any atom is -0.339 e. The van der Waals surface area contributed by atoms with Crippen LogP contribution in [0.15, 0.2) is 24.3 Å². The van der Waals surface area contributed by atoms with Crippen molar-refractivity contribution in [2.24, 2.45) is 0 Å². The van der Waals surface area contributed by atoms with Crippen molar-refractivity contribution in [1.29, 1.82) is 0 Å². The van der Waals surface area contributed by atoms with Crippen LogP contribution in [0, 0.1) is 0 Å². The number of rotatable bonds is 5. The van der Waals surface area contributed by atoms with Crippen molar-refractivity contribution in [3.8, 4) is 0 Å². The number of carbonyl (C=O) groups is 2. The van der Waals surface area contributed by atoms with E-state index >= 15 is 0 Å². The van der Waals surface area contributed by atoms with E-state index in [0.717, 1.165) is 32.2 Å². The molecule has 0 aromatic heterocycles. The molecule has 1 heterocycles. The molecule has 1 unspecified atom stereocenters. The van der Waals surface area contributed by atoms with Crippen molar-refractivity contribution in [1.82, 2.24) is 10.2 Å². The first-order valence-corrected chi connectivity index (χ1v) is 9.54. The highest BCUT2D eigenvalue weighted by molar-refractivity contribution is 6.03. The maximum absolute atomic E-state index is 13.0. The molecule has 1 saturated heterocycles. The molecule has 0 radical (unpaired) electrons. The molecule has 3 rings (SSSR count). The van der Waals surface area contributed by atoms with Crippen LogP contribution in [0.3, 0.4) is 0 Å². The van der Waals surface area contributed by atoms with Crippen LogP contribution < -0.4 is 10.6 Å². The molecular formula is C20H29N3O2. The minimum atomic E-state index is -0.0278. The minimum absolute atomic E-state index is 0.00166. The Hall–Kier alpha value is -1.88. The lowest BCUT2D eigenvalue weighted by molar-refractivity contribution is -0.116. The first-order chi connectivity index (χ1) is 12.1. The van der Waals surface area contributed by atoms with Crippen molar-refractivity contribution in [2.75, 3.05) is 18.9 Å². The van der Waals surface area contributed by atoms with Crippen LogP contribution in [0.25, 0.3) is 0 Å². The van der Waals surface area contributed by atoms with Crippen LogP contribution in [0.1, 0.15) is 61.7 Å². The highest BCUT2D eigenvalue weighted by Crippen LogP contribution is 2.25. The van der Waals surface area contributed by atoms with Crippen LogP contribution in [-0.4, -0.2) is 42.4 Å². The highest BCUT2D eigenvalue weighted by Gasteiger charge is 2.25. The fraction of sp³-hybridized carbons (Fsp3) is 0.600. The summed E-state index contributed by atoms with van der Waals surface area (Å²) in [5.41, 5.74) is 1.21. The second-order valence-electron chi connectivity index (χ2n) is 7.30. The zero-order valence-electron chi connectivity index (χ0n) is 15.1. The third-order valence-electron chi connectivity index (χ3n) is 5.47. The van der Waals surface area contributed by atoms with Gasteiger partial charge in [-0.1, -0.05) is 31.4 Å². The third kappa shape index (κ3) is 4.60. The van der Waals surface area contributed by atoms with Crippen LogP contribution in [-0.2, 0) is 4.79 Å². The van der Waals surface area contributed by atoms with Gasteiger partial charge >= 0.3 is 0 Å². The Morgan fingerprint density at radius 3 is 2.60 bits per heavy atom. The van der Waals surface area contributed by atoms with Gasteiger partial charge in [0.2, 0.25) is 5.91 Å². The molecule has 1 aromatic rings. The summed E-state index contributed by atoms with van der Waals surface area (Å²) >= 11 is 0. The normalized spacial score (nSPS) is 21.1. The van der Waals surface area contributed by atoms with Crippen molar-refractivity contribution in [3.05, 3.63) is 29.8 Å². The van der Waals surface area contributed by atoms with E-state index in [1.807, 2.05) is 36.2 Å². The maximum Gasteiger partial charge on any atom is 0.255 e. The molecule has 0 bridgehead atoms. The third-order valence-corrected chi connectivity index (χ3v) is 5.47. The highest BCUT2D eigenvalue weighted by atomic mass is 16.2. The molecule has 1 aliphatic carbocycles. The fourth-order valence-corrected chi connectivity index (χ4v) is 3.96. The predicted octanol–water partition coefficient (Wildman–Crippen LogP) is 3.17. The van der Waals surface area contributed by atoms with E-state index in [0.29, 0.717) is 23.7 Å². The zero-order valence-corrected chi connectivity index (χ0v) is 15.1. The molecule has 1 saturated carbocycles. The van der Waals surface area contributed by atoms with E-state index in [1.165, 1.54) is 19.3 Å². The molecule has 0 spiro atoms. The Bertz CT molecular complexity index is 605. The molecule has 2 N–H and O–H groups in total. The van der Waals surface area contributed by atoms with Crippen LogP contribution >= 0.6 is 0 Å². The number of nitrogens with one attached hydrogen (secondary N) is 2. The molecule has 2 aliphatic rings. The molecule has 136 valence electrons. The Kier molecular flexibility index (Phi) is 6.08. The van der Waals surface area contributed by atoms with Gasteiger partial charge in [0.15, 0.2) is 0 Å². The molecule has 25 heavy (non-hydrogen) atoms. The monoisotopic (exact) mass is 343 g/mol. The number of anilines is 1. The Labute approximate surface area is 150 Å². The molecule has 2 fully saturated rings. The molecule has 1 atom stereocenters. The molecular weight excluding hydrogens is 314 g/mol. The topological polar surface area (TPSA) is 61.4 Å².